The van der Waals surface area contributed by atoms with Crippen molar-refractivity contribution in [2.75, 3.05) is 6.54 Å². The molecule has 0 aromatic carbocycles. The number of carbonyl (C=O) groups is 1. The lowest BCUT2D eigenvalue weighted by molar-refractivity contribution is -0.133. The van der Waals surface area contributed by atoms with Gasteiger partial charge in [-0.25, -0.2) is 4.79 Å². The average Bonchev–Trinajstić information content (AvgIpc) is 2.05. The number of aliphatic carboxylic acids is 1. The van der Waals surface area contributed by atoms with Gasteiger partial charge in [0.25, 0.3) is 0 Å². The Hall–Kier alpha value is -0.830. The molecule has 0 amide bonds. The van der Waals surface area contributed by atoms with Gasteiger partial charge in [0.15, 0.2) is 0 Å². The van der Waals surface area contributed by atoms with Crippen molar-refractivity contribution in [3.8, 4) is 0 Å². The second-order valence-electron chi connectivity index (χ2n) is 2.87. The van der Waals surface area contributed by atoms with Crippen LogP contribution in [0.25, 0.3) is 0 Å². The van der Waals surface area contributed by atoms with Gasteiger partial charge in [-0.1, -0.05) is 13.5 Å². The summed E-state index contributed by atoms with van der Waals surface area (Å²) in [6.07, 6.45) is 2.52. The standard InChI is InChI=1S/C9H17NO2/c1-3-8(5-4-6-10)7(2)9(11)12/h8H,2-6,10H2,1H3,(H,11,12). The van der Waals surface area contributed by atoms with Crippen molar-refractivity contribution in [3.05, 3.63) is 12.2 Å². The molecule has 1 unspecified atom stereocenters. The van der Waals surface area contributed by atoms with E-state index in [4.69, 9.17) is 10.8 Å². The molecule has 0 aromatic heterocycles. The summed E-state index contributed by atoms with van der Waals surface area (Å²) < 4.78 is 0. The van der Waals surface area contributed by atoms with Gasteiger partial charge in [0.05, 0.1) is 0 Å². The van der Waals surface area contributed by atoms with Crippen LogP contribution in [-0.2, 0) is 4.79 Å². The predicted octanol–water partition coefficient (Wildman–Crippen LogP) is 1.39. The van der Waals surface area contributed by atoms with E-state index in [2.05, 4.69) is 6.58 Å². The minimum absolute atomic E-state index is 0.0889. The number of hydrogen-bond donors (Lipinski definition) is 2. The van der Waals surface area contributed by atoms with E-state index in [0.717, 1.165) is 19.3 Å². The molecule has 0 aliphatic carbocycles. The van der Waals surface area contributed by atoms with Gasteiger partial charge in [-0.2, -0.15) is 0 Å². The number of carboxylic acids is 1. The molecule has 12 heavy (non-hydrogen) atoms. The molecule has 0 saturated carbocycles. The van der Waals surface area contributed by atoms with Crippen molar-refractivity contribution in [3.63, 3.8) is 0 Å². The summed E-state index contributed by atoms with van der Waals surface area (Å²) in [5.41, 5.74) is 5.64. The lowest BCUT2D eigenvalue weighted by Gasteiger charge is -2.13. The van der Waals surface area contributed by atoms with Crippen LogP contribution in [0.1, 0.15) is 26.2 Å². The third kappa shape index (κ3) is 3.53. The maximum Gasteiger partial charge on any atom is 0.331 e. The van der Waals surface area contributed by atoms with Gasteiger partial charge in [-0.05, 0) is 31.7 Å². The topological polar surface area (TPSA) is 63.3 Å². The summed E-state index contributed by atoms with van der Waals surface area (Å²) in [5, 5.41) is 8.65. The van der Waals surface area contributed by atoms with Gasteiger partial charge in [0.1, 0.15) is 0 Å². The average molecular weight is 171 g/mol. The zero-order valence-corrected chi connectivity index (χ0v) is 7.55. The number of nitrogens with two attached hydrogens (primary N) is 1. The quantitative estimate of drug-likeness (QED) is 0.594. The van der Waals surface area contributed by atoms with Crippen LogP contribution < -0.4 is 5.73 Å². The minimum atomic E-state index is -0.890. The third-order valence-corrected chi connectivity index (χ3v) is 2.02. The fraction of sp³-hybridized carbons (Fsp3) is 0.667. The lowest BCUT2D eigenvalue weighted by atomic mass is 9.93. The molecule has 3 nitrogen and oxygen atoms in total. The number of hydrogen-bond acceptors (Lipinski definition) is 2. The summed E-state index contributed by atoms with van der Waals surface area (Å²) in [6.45, 7) is 6.12. The molecule has 0 saturated heterocycles. The van der Waals surface area contributed by atoms with Crippen molar-refractivity contribution in [1.29, 1.82) is 0 Å². The Morgan fingerprint density at radius 3 is 2.58 bits per heavy atom. The van der Waals surface area contributed by atoms with E-state index in [9.17, 15) is 4.79 Å². The molecule has 0 spiro atoms. The normalized spacial score (nSPS) is 12.5. The molecular weight excluding hydrogens is 154 g/mol. The summed E-state index contributed by atoms with van der Waals surface area (Å²) in [6, 6.07) is 0. The molecule has 0 heterocycles. The molecule has 0 fully saturated rings. The van der Waals surface area contributed by atoms with Gasteiger partial charge in [0, 0.05) is 5.57 Å². The largest absolute Gasteiger partial charge is 0.478 e. The zero-order chi connectivity index (χ0) is 9.56. The van der Waals surface area contributed by atoms with E-state index in [1.165, 1.54) is 0 Å². The molecule has 0 radical (unpaired) electrons. The maximum atomic E-state index is 10.5. The van der Waals surface area contributed by atoms with E-state index in [1.54, 1.807) is 0 Å². The Bertz CT molecular complexity index is 166. The van der Waals surface area contributed by atoms with Crippen LogP contribution in [0.5, 0.6) is 0 Å². The fourth-order valence-corrected chi connectivity index (χ4v) is 1.16. The first-order valence-corrected chi connectivity index (χ1v) is 4.25. The molecule has 3 heteroatoms. The second kappa shape index (κ2) is 5.77. The van der Waals surface area contributed by atoms with E-state index < -0.39 is 5.97 Å². The highest BCUT2D eigenvalue weighted by atomic mass is 16.4. The number of rotatable bonds is 6. The van der Waals surface area contributed by atoms with Crippen LogP contribution in [0.4, 0.5) is 0 Å². The Morgan fingerprint density at radius 2 is 2.25 bits per heavy atom. The van der Waals surface area contributed by atoms with Crippen LogP contribution >= 0.6 is 0 Å². The van der Waals surface area contributed by atoms with Gasteiger partial charge in [0.2, 0.25) is 0 Å². The Balaban J connectivity index is 3.96. The fourth-order valence-electron chi connectivity index (χ4n) is 1.16. The first kappa shape index (κ1) is 11.2. The van der Waals surface area contributed by atoms with E-state index >= 15 is 0 Å². The Labute approximate surface area is 73.3 Å². The van der Waals surface area contributed by atoms with Gasteiger partial charge in [-0.15, -0.1) is 0 Å². The van der Waals surface area contributed by atoms with Crippen LogP contribution in [0.15, 0.2) is 12.2 Å². The summed E-state index contributed by atoms with van der Waals surface area (Å²) in [7, 11) is 0. The second-order valence-corrected chi connectivity index (χ2v) is 2.87. The van der Waals surface area contributed by atoms with Gasteiger partial charge in [-0.3, -0.25) is 0 Å². The molecule has 0 aromatic rings. The molecule has 0 rings (SSSR count). The predicted molar refractivity (Wildman–Crippen MR) is 48.8 cm³/mol. The lowest BCUT2D eigenvalue weighted by Crippen LogP contribution is -2.12. The van der Waals surface area contributed by atoms with E-state index in [-0.39, 0.29) is 5.92 Å². The molecule has 0 bridgehead atoms. The first-order valence-electron chi connectivity index (χ1n) is 4.25. The first-order chi connectivity index (χ1) is 5.63. The highest BCUT2D eigenvalue weighted by Gasteiger charge is 2.15. The SMILES string of the molecule is C=C(C(=O)O)C(CC)CCCN. The van der Waals surface area contributed by atoms with Crippen molar-refractivity contribution in [2.24, 2.45) is 11.7 Å². The van der Waals surface area contributed by atoms with Crippen LogP contribution in [0.3, 0.4) is 0 Å². The van der Waals surface area contributed by atoms with Gasteiger partial charge < -0.3 is 10.8 Å². The molecule has 1 atom stereocenters. The highest BCUT2D eigenvalue weighted by Crippen LogP contribution is 2.18. The van der Waals surface area contributed by atoms with E-state index in [1.807, 2.05) is 6.92 Å². The Morgan fingerprint density at radius 1 is 1.67 bits per heavy atom. The third-order valence-electron chi connectivity index (χ3n) is 2.02. The van der Waals surface area contributed by atoms with Crippen molar-refractivity contribution >= 4 is 5.97 Å². The molecule has 70 valence electrons. The van der Waals surface area contributed by atoms with Gasteiger partial charge >= 0.3 is 5.97 Å². The van der Waals surface area contributed by atoms with Crippen molar-refractivity contribution in [2.45, 2.75) is 26.2 Å². The highest BCUT2D eigenvalue weighted by molar-refractivity contribution is 5.86. The van der Waals surface area contributed by atoms with Crippen molar-refractivity contribution in [1.82, 2.24) is 0 Å². The molecular formula is C9H17NO2. The van der Waals surface area contributed by atoms with Crippen LogP contribution in [0.2, 0.25) is 0 Å². The zero-order valence-electron chi connectivity index (χ0n) is 7.55. The van der Waals surface area contributed by atoms with E-state index in [0.29, 0.717) is 12.1 Å². The maximum absolute atomic E-state index is 10.5. The minimum Gasteiger partial charge on any atom is -0.478 e. The summed E-state index contributed by atoms with van der Waals surface area (Å²) >= 11 is 0. The molecule has 0 aliphatic rings. The van der Waals surface area contributed by atoms with Crippen LogP contribution in [-0.4, -0.2) is 17.6 Å². The molecule has 3 N–H and O–H groups in total. The number of carboxylic acid groups (broad SMARTS) is 1. The monoisotopic (exact) mass is 171 g/mol. The summed E-state index contributed by atoms with van der Waals surface area (Å²) in [5.74, 6) is -0.801. The Kier molecular flexibility index (Phi) is 5.37. The van der Waals surface area contributed by atoms with Crippen molar-refractivity contribution < 1.29 is 9.90 Å². The molecule has 0 aliphatic heterocycles. The van der Waals surface area contributed by atoms with Crippen LogP contribution in [0, 0.1) is 5.92 Å². The smallest absolute Gasteiger partial charge is 0.331 e. The summed E-state index contributed by atoms with van der Waals surface area (Å²) in [4.78, 5) is 10.5.